The van der Waals surface area contributed by atoms with Gasteiger partial charge in [0.1, 0.15) is 0 Å². The first-order valence-corrected chi connectivity index (χ1v) is 8.33. The van der Waals surface area contributed by atoms with Crippen LogP contribution in [0, 0.1) is 0 Å². The predicted molar refractivity (Wildman–Crippen MR) is 97.5 cm³/mol. The number of halogens is 1. The monoisotopic (exact) mass is 349 g/mol. The van der Waals surface area contributed by atoms with Gasteiger partial charge in [-0.15, -0.1) is 6.58 Å². The van der Waals surface area contributed by atoms with E-state index in [2.05, 4.69) is 17.1 Å². The Morgan fingerprint density at radius 1 is 1.46 bits per heavy atom. The van der Waals surface area contributed by atoms with Gasteiger partial charge in [-0.3, -0.25) is 0 Å². The minimum atomic E-state index is -0.294. The number of hydrogen-bond acceptors (Lipinski definition) is 3. The number of nitrogens with zero attached hydrogens (tertiary/aromatic N) is 2. The molecule has 2 rings (SSSR count). The average Bonchev–Trinajstić information content (AvgIpc) is 2.94. The lowest BCUT2D eigenvalue weighted by molar-refractivity contribution is 0.0621. The van der Waals surface area contributed by atoms with Crippen molar-refractivity contribution in [2.24, 2.45) is 5.16 Å². The summed E-state index contributed by atoms with van der Waals surface area (Å²) in [6.07, 6.45) is 2.19. The van der Waals surface area contributed by atoms with Gasteiger partial charge in [-0.25, -0.2) is 4.79 Å². The number of nitrogens with one attached hydrogen (secondary N) is 1. The third-order valence-corrected chi connectivity index (χ3v) is 3.71. The van der Waals surface area contributed by atoms with Crippen LogP contribution >= 0.6 is 11.6 Å². The molecule has 0 spiro atoms. The van der Waals surface area contributed by atoms with Gasteiger partial charge >= 0.3 is 6.03 Å². The first kappa shape index (κ1) is 18.3. The molecule has 0 bridgehead atoms. The van der Waals surface area contributed by atoms with Crippen molar-refractivity contribution in [3.05, 3.63) is 47.5 Å². The van der Waals surface area contributed by atoms with Crippen LogP contribution < -0.4 is 5.32 Å². The van der Waals surface area contributed by atoms with Gasteiger partial charge in [-0.2, -0.15) is 0 Å². The van der Waals surface area contributed by atoms with Gasteiger partial charge in [0.15, 0.2) is 6.10 Å². The Balaban J connectivity index is 1.96. The zero-order chi connectivity index (χ0) is 17.7. The van der Waals surface area contributed by atoms with Gasteiger partial charge in [0, 0.05) is 23.5 Å². The van der Waals surface area contributed by atoms with Crippen molar-refractivity contribution in [1.29, 1.82) is 0 Å². The second-order valence-electron chi connectivity index (χ2n) is 6.85. The highest BCUT2D eigenvalue weighted by Crippen LogP contribution is 2.19. The van der Waals surface area contributed by atoms with Crippen LogP contribution in [-0.2, 0) is 4.84 Å². The van der Waals surface area contributed by atoms with E-state index >= 15 is 0 Å². The molecule has 2 amide bonds. The van der Waals surface area contributed by atoms with Crippen LogP contribution in [-0.4, -0.2) is 41.4 Å². The molecule has 1 N–H and O–H groups in total. The van der Waals surface area contributed by atoms with E-state index in [1.165, 1.54) is 0 Å². The van der Waals surface area contributed by atoms with E-state index in [0.29, 0.717) is 24.5 Å². The predicted octanol–water partition coefficient (Wildman–Crippen LogP) is 3.83. The van der Waals surface area contributed by atoms with Gasteiger partial charge in [-0.1, -0.05) is 35.0 Å². The van der Waals surface area contributed by atoms with Gasteiger partial charge in [-0.05, 0) is 38.5 Å². The number of hydrogen-bond donors (Lipinski definition) is 1. The van der Waals surface area contributed by atoms with Gasteiger partial charge in [0.05, 0.1) is 12.3 Å². The van der Waals surface area contributed by atoms with E-state index in [1.54, 1.807) is 11.0 Å². The van der Waals surface area contributed by atoms with E-state index < -0.39 is 0 Å². The van der Waals surface area contributed by atoms with E-state index in [0.717, 1.165) is 11.3 Å². The van der Waals surface area contributed by atoms with Crippen molar-refractivity contribution in [2.45, 2.75) is 38.8 Å². The molecule has 0 unspecified atom stereocenters. The fourth-order valence-electron chi connectivity index (χ4n) is 2.38. The van der Waals surface area contributed by atoms with Gasteiger partial charge < -0.3 is 15.1 Å². The zero-order valence-corrected chi connectivity index (χ0v) is 15.1. The Hall–Kier alpha value is -2.01. The largest absolute Gasteiger partial charge is 0.390 e. The number of benzene rings is 1. The van der Waals surface area contributed by atoms with Crippen molar-refractivity contribution in [1.82, 2.24) is 10.2 Å². The maximum Gasteiger partial charge on any atom is 0.318 e. The quantitative estimate of drug-likeness (QED) is 0.821. The van der Waals surface area contributed by atoms with Crippen molar-refractivity contribution < 1.29 is 9.63 Å². The minimum Gasteiger partial charge on any atom is -0.390 e. The molecule has 1 atom stereocenters. The van der Waals surface area contributed by atoms with E-state index in [9.17, 15) is 4.79 Å². The third-order valence-electron chi connectivity index (χ3n) is 3.45. The molecule has 24 heavy (non-hydrogen) atoms. The van der Waals surface area contributed by atoms with E-state index in [-0.39, 0.29) is 17.7 Å². The Labute approximate surface area is 148 Å². The molecule has 6 heteroatoms. The van der Waals surface area contributed by atoms with Crippen LogP contribution in [0.15, 0.2) is 42.1 Å². The molecule has 0 saturated heterocycles. The molecular formula is C18H24ClN3O2. The number of amides is 2. The SMILES string of the molecule is C=CCN(C[C@H]1CC(c2ccc(Cl)cc2)=NO1)C(=O)NC(C)(C)C. The molecule has 0 aromatic heterocycles. The van der Waals surface area contributed by atoms with Crippen molar-refractivity contribution in [3.63, 3.8) is 0 Å². The Morgan fingerprint density at radius 3 is 2.71 bits per heavy atom. The van der Waals surface area contributed by atoms with Crippen LogP contribution in [0.1, 0.15) is 32.8 Å². The first-order chi connectivity index (χ1) is 11.3. The molecule has 1 aliphatic rings. The second kappa shape index (κ2) is 7.71. The molecule has 5 nitrogen and oxygen atoms in total. The Morgan fingerprint density at radius 2 is 2.12 bits per heavy atom. The number of oxime groups is 1. The molecule has 1 aliphatic heterocycles. The van der Waals surface area contributed by atoms with Crippen LogP contribution in [0.2, 0.25) is 5.02 Å². The number of carbonyl (C=O) groups excluding carboxylic acids is 1. The summed E-state index contributed by atoms with van der Waals surface area (Å²) in [6.45, 7) is 10.5. The Bertz CT molecular complexity index is 620. The lowest BCUT2D eigenvalue weighted by atomic mass is 10.0. The first-order valence-electron chi connectivity index (χ1n) is 7.95. The number of urea groups is 1. The molecule has 1 aromatic rings. The molecule has 0 saturated carbocycles. The highest BCUT2D eigenvalue weighted by Gasteiger charge is 2.27. The molecule has 0 radical (unpaired) electrons. The maximum atomic E-state index is 12.4. The highest BCUT2D eigenvalue weighted by atomic mass is 35.5. The van der Waals surface area contributed by atoms with Gasteiger partial charge in [0.25, 0.3) is 0 Å². The fourth-order valence-corrected chi connectivity index (χ4v) is 2.51. The molecular weight excluding hydrogens is 326 g/mol. The summed E-state index contributed by atoms with van der Waals surface area (Å²) in [5, 5.41) is 7.80. The lowest BCUT2D eigenvalue weighted by Crippen LogP contribution is -2.50. The molecule has 0 aliphatic carbocycles. The zero-order valence-electron chi connectivity index (χ0n) is 14.4. The summed E-state index contributed by atoms with van der Waals surface area (Å²) in [5.41, 5.74) is 1.56. The van der Waals surface area contributed by atoms with Crippen molar-refractivity contribution in [3.8, 4) is 0 Å². The summed E-state index contributed by atoms with van der Waals surface area (Å²) >= 11 is 5.91. The van der Waals surface area contributed by atoms with E-state index in [1.807, 2.05) is 45.0 Å². The molecule has 1 heterocycles. The Kier molecular flexibility index (Phi) is 5.89. The summed E-state index contributed by atoms with van der Waals surface area (Å²) in [6, 6.07) is 7.36. The smallest absolute Gasteiger partial charge is 0.318 e. The van der Waals surface area contributed by atoms with Crippen LogP contribution in [0.25, 0.3) is 0 Å². The standard InChI is InChI=1S/C18H24ClN3O2/c1-5-10-22(17(23)20-18(2,3)4)12-15-11-16(21-24-15)13-6-8-14(19)9-7-13/h5-9,15H,1,10-12H2,2-4H3,(H,20,23)/t15-/m1/s1. The van der Waals surface area contributed by atoms with Crippen LogP contribution in [0.5, 0.6) is 0 Å². The summed E-state index contributed by atoms with van der Waals surface area (Å²) < 4.78 is 0. The second-order valence-corrected chi connectivity index (χ2v) is 7.29. The lowest BCUT2D eigenvalue weighted by Gasteiger charge is -2.28. The molecule has 1 aromatic carbocycles. The normalized spacial score (nSPS) is 17.0. The fraction of sp³-hybridized carbons (Fsp3) is 0.444. The van der Waals surface area contributed by atoms with Crippen molar-refractivity contribution in [2.75, 3.05) is 13.1 Å². The summed E-state index contributed by atoms with van der Waals surface area (Å²) in [7, 11) is 0. The number of carbonyl (C=O) groups is 1. The summed E-state index contributed by atoms with van der Waals surface area (Å²) in [5.74, 6) is 0. The minimum absolute atomic E-state index is 0.133. The van der Waals surface area contributed by atoms with Crippen molar-refractivity contribution >= 4 is 23.3 Å². The van der Waals surface area contributed by atoms with Gasteiger partial charge in [0.2, 0.25) is 0 Å². The van der Waals surface area contributed by atoms with Crippen LogP contribution in [0.4, 0.5) is 4.79 Å². The van der Waals surface area contributed by atoms with Crippen LogP contribution in [0.3, 0.4) is 0 Å². The highest BCUT2D eigenvalue weighted by molar-refractivity contribution is 6.30. The maximum absolute atomic E-state index is 12.4. The number of rotatable bonds is 5. The summed E-state index contributed by atoms with van der Waals surface area (Å²) in [4.78, 5) is 19.6. The van der Waals surface area contributed by atoms with E-state index in [4.69, 9.17) is 16.4 Å². The molecule has 130 valence electrons. The third kappa shape index (κ3) is 5.27. The molecule has 0 fully saturated rings. The topological polar surface area (TPSA) is 53.9 Å². The average molecular weight is 350 g/mol.